The smallest absolute Gasteiger partial charge is 0.410 e. The maximum absolute atomic E-state index is 14.1. The van der Waals surface area contributed by atoms with Crippen molar-refractivity contribution in [1.29, 1.82) is 0 Å². The van der Waals surface area contributed by atoms with Gasteiger partial charge in [0.05, 0.1) is 125 Å². The lowest BCUT2D eigenvalue weighted by atomic mass is 10.0. The van der Waals surface area contributed by atoms with Gasteiger partial charge in [0.25, 0.3) is 23.3 Å². The number of anilines is 2. The van der Waals surface area contributed by atoms with E-state index >= 15 is 0 Å². The molecule has 3 aliphatic heterocycles. The number of imide groups is 1. The Morgan fingerprint density at radius 2 is 1.33 bits per heavy atom. The minimum atomic E-state index is -4.41. The van der Waals surface area contributed by atoms with Gasteiger partial charge >= 0.3 is 19.7 Å². The van der Waals surface area contributed by atoms with E-state index in [0.717, 1.165) is 23.4 Å². The molecule has 3 fully saturated rings. The average Bonchev–Trinajstić information content (AvgIpc) is 1.60. The second-order valence-corrected chi connectivity index (χ2v) is 34.1. The van der Waals surface area contributed by atoms with Gasteiger partial charge in [-0.1, -0.05) is 68.7 Å². The Morgan fingerprint density at radius 1 is 0.702 bits per heavy atom. The minimum absolute atomic E-state index is 0.0137. The number of hydrogen-bond acceptors (Lipinski definition) is 32. The number of H-pyrrole nitrogens is 1. The molecule has 0 radical (unpaired) electrons. The van der Waals surface area contributed by atoms with Gasteiger partial charge in [-0.2, -0.15) is 4.98 Å². The molecule has 1 saturated carbocycles. The van der Waals surface area contributed by atoms with Crippen molar-refractivity contribution in [3.63, 3.8) is 0 Å². The predicted octanol–water partition coefficient (Wildman–Crippen LogP) is 3.37. The first-order valence-electron chi connectivity index (χ1n) is 39.1. The van der Waals surface area contributed by atoms with E-state index in [1.807, 2.05) is 0 Å². The summed E-state index contributed by atoms with van der Waals surface area (Å²) in [6.45, 7) is -0.0351. The van der Waals surface area contributed by atoms with E-state index in [4.69, 9.17) is 70.2 Å². The van der Waals surface area contributed by atoms with Gasteiger partial charge in [-0.15, -0.1) is 0 Å². The zero-order chi connectivity index (χ0) is 86.9. The fourth-order valence-electron chi connectivity index (χ4n) is 12.5. The van der Waals surface area contributed by atoms with Crippen LogP contribution in [0.15, 0.2) is 90.4 Å². The van der Waals surface area contributed by atoms with Gasteiger partial charge in [-0.25, -0.2) is 28.9 Å². The molecule has 5 aromatic rings. The Bertz CT molecular complexity index is 4430. The number of imidazole rings is 1. The molecule has 3 aromatic heterocycles. The number of aromatic amines is 1. The van der Waals surface area contributed by atoms with E-state index in [1.54, 1.807) is 69.5 Å². The molecule has 121 heavy (non-hydrogen) atoms. The first-order valence-corrected chi connectivity index (χ1v) is 44.5. The molecule has 6 heterocycles. The summed E-state index contributed by atoms with van der Waals surface area (Å²) >= 11 is 8.45. The Kier molecular flexibility index (Phi) is 38.8. The molecule has 9 amide bonds. The third-order valence-corrected chi connectivity index (χ3v) is 22.1. The number of aliphatic hydroxyl groups is 1. The third-order valence-electron chi connectivity index (χ3n) is 18.9. The van der Waals surface area contributed by atoms with Crippen LogP contribution in [-0.2, 0) is 121 Å². The van der Waals surface area contributed by atoms with Crippen molar-refractivity contribution in [3.05, 3.63) is 113 Å². The number of unbranched alkanes of at least 4 members (excludes halogenated alkanes) is 1. The largest absolute Gasteiger partial charge is 0.474 e. The predicted molar refractivity (Wildman–Crippen MR) is 434 cm³/mol. The first kappa shape index (κ1) is 96.1. The van der Waals surface area contributed by atoms with Crippen LogP contribution in [0, 0.1) is 11.8 Å². The molecule has 46 heteroatoms. The summed E-state index contributed by atoms with van der Waals surface area (Å²) in [7, 11) is 3.05. The standard InChI is InChI=1S/C75H104N14O28P2S2/c1-47(2)63(83-70(97)55(12-8-9-21-77-59(91)41-88-61(92)17-18-62(88)93)82-58(90)20-23-104-26-27-106-30-31-108-34-35-110-37-36-109-33-32-107-29-28-105-25-24-103-5)71(98)80-48(3)68(95)81-52-15-13-49(14-16-52)42-111-75(100)87(4)40-50-10-6-7-11-54(50)69(96)85-74-84-67-64(72(99)86-74)79-46-89(67)73-66-65(94)57(115-73)44-113-118(101,120)116-56-39-53(114-60-19-22-76-45-78-60)38-51(56)43-112-119(102,121)117-66/h6-7,10-11,13-19,22,45-48,51,53,55-57,63,65-66,73,94H,8-9,12,20-21,23-44H2,1-5H3,(H,77,91)(H,80,98)(H,81,95)(H,82,90)(H,83,97)(H,101,120)(H,102,121)(H2,84,85,86,96,99)/t48-,51+,53+,55-,56-,57+,63-,65+,66+,73+,118+,119?/m0/s1. The molecule has 0 spiro atoms. The van der Waals surface area contributed by atoms with Crippen LogP contribution >= 0.6 is 38.1 Å². The van der Waals surface area contributed by atoms with Crippen molar-refractivity contribution in [1.82, 2.24) is 60.6 Å². The summed E-state index contributed by atoms with van der Waals surface area (Å²) in [4.78, 5) is 154. The number of rotatable bonds is 48. The zero-order valence-electron chi connectivity index (χ0n) is 67.4. The number of benzene rings is 2. The number of ether oxygens (including phenoxy) is 11. The van der Waals surface area contributed by atoms with Gasteiger partial charge in [0.2, 0.25) is 41.4 Å². The average molecular weight is 1780 g/mol. The van der Waals surface area contributed by atoms with Gasteiger partial charge < -0.3 is 93.2 Å². The highest BCUT2D eigenvalue weighted by Gasteiger charge is 2.51. The molecule has 2 saturated heterocycles. The quantitative estimate of drug-likeness (QED) is 0.0115. The molecule has 1 aliphatic carbocycles. The van der Waals surface area contributed by atoms with E-state index in [0.29, 0.717) is 109 Å². The molecule has 664 valence electrons. The fraction of sp³-hybridized carbons (Fsp3) is 0.573. The van der Waals surface area contributed by atoms with Crippen molar-refractivity contribution >= 4 is 114 Å². The number of amides is 9. The summed E-state index contributed by atoms with van der Waals surface area (Å²) < 4.78 is 113. The summed E-state index contributed by atoms with van der Waals surface area (Å²) in [5.74, 6) is -6.34. The van der Waals surface area contributed by atoms with Crippen LogP contribution in [0.5, 0.6) is 5.88 Å². The maximum atomic E-state index is 14.1. The molecule has 2 bridgehead atoms. The van der Waals surface area contributed by atoms with Gasteiger partial charge in [-0.3, -0.25) is 76.5 Å². The molecular weight excluding hydrogens is 1670 g/mol. The van der Waals surface area contributed by atoms with Crippen molar-refractivity contribution in [2.45, 2.75) is 127 Å². The van der Waals surface area contributed by atoms with Crippen LogP contribution in [0.25, 0.3) is 11.2 Å². The highest BCUT2D eigenvalue weighted by atomic mass is 32.7. The molecule has 2 aromatic carbocycles. The van der Waals surface area contributed by atoms with E-state index in [1.165, 1.54) is 42.0 Å². The highest BCUT2D eigenvalue weighted by Crippen LogP contribution is 2.60. The SMILES string of the molecule is COCCOCCOCCOCCOCCOCCOCCOCCC(=O)N[C@@H](CCCCNC(=O)CN1C(=O)C=CC1=O)C(=O)N[C@H](C(=O)N[C@@H](C)C(=O)Nc1ccc(COC(=O)N(C)Cc2ccccc2C(=O)Nc2nc3c(ncn3[C@@H]3O[C@@H]4CO[P@@](=O)(S)O[C@H]5C[C@H](Oc6ccncn6)C[C@@H]5COP(=O)(S)O[C@@H]3[C@@H]4O)c(=O)[nH]2)cc1)C(C)C. The Hall–Kier alpha value is -8.76. The zero-order valence-corrected chi connectivity index (χ0v) is 71.0. The Morgan fingerprint density at radius 3 is 1.97 bits per heavy atom. The lowest BCUT2D eigenvalue weighted by molar-refractivity contribution is -0.141. The van der Waals surface area contributed by atoms with Crippen LogP contribution < -0.4 is 42.2 Å². The number of thiol groups is 2. The summed E-state index contributed by atoms with van der Waals surface area (Å²) in [6, 6.07) is 10.6. The lowest BCUT2D eigenvalue weighted by Gasteiger charge is -2.26. The topological polar surface area (TPSA) is 514 Å². The Balaban J connectivity index is 0.705. The minimum Gasteiger partial charge on any atom is -0.474 e. The first-order chi connectivity index (χ1) is 58.1. The summed E-state index contributed by atoms with van der Waals surface area (Å²) in [5, 5.41) is 27.7. The Labute approximate surface area is 706 Å². The van der Waals surface area contributed by atoms with Crippen LogP contribution in [0.4, 0.5) is 16.4 Å². The van der Waals surface area contributed by atoms with Gasteiger partial charge in [-0.05, 0) is 67.9 Å². The molecule has 42 nitrogen and oxygen atoms in total. The van der Waals surface area contributed by atoms with Crippen LogP contribution in [-0.4, -0.2) is 286 Å². The second kappa shape index (κ2) is 48.9. The van der Waals surface area contributed by atoms with E-state index < -0.39 is 152 Å². The number of nitrogens with zero attached hydrogens (tertiary/aromatic N) is 7. The molecule has 4 aliphatic rings. The van der Waals surface area contributed by atoms with E-state index in [2.05, 4.69) is 81.3 Å². The normalized spacial score (nSPS) is 21.7. The monoisotopic (exact) mass is 1770 g/mol. The maximum Gasteiger partial charge on any atom is 0.410 e. The van der Waals surface area contributed by atoms with E-state index in [-0.39, 0.29) is 100 Å². The van der Waals surface area contributed by atoms with Gasteiger partial charge in [0.15, 0.2) is 17.4 Å². The third kappa shape index (κ3) is 31.2. The van der Waals surface area contributed by atoms with Crippen LogP contribution in [0.1, 0.15) is 87.0 Å². The number of methoxy groups -OCH3 is 1. The molecule has 8 N–H and O–H groups in total. The molecular formula is C75H104N14O28P2S2. The lowest BCUT2D eigenvalue weighted by Crippen LogP contribution is -2.57. The number of carbonyl (C=O) groups is 9. The van der Waals surface area contributed by atoms with Crippen LogP contribution in [0.2, 0.25) is 0 Å². The van der Waals surface area contributed by atoms with Crippen molar-refractivity contribution in [3.8, 4) is 5.88 Å². The number of carbonyl (C=O) groups excluding carboxylic acids is 9. The van der Waals surface area contributed by atoms with Crippen LogP contribution in [0.3, 0.4) is 0 Å². The number of fused-ring (bicyclic) bond motifs is 4. The fourth-order valence-corrected chi connectivity index (χ4v) is 15.6. The summed E-state index contributed by atoms with van der Waals surface area (Å²) in [6.07, 6.45) is -1.16. The van der Waals surface area contributed by atoms with Crippen molar-refractivity contribution < 1.29 is 128 Å². The van der Waals surface area contributed by atoms with E-state index in [9.17, 15) is 62.2 Å². The van der Waals surface area contributed by atoms with Gasteiger partial charge in [0.1, 0.15) is 62.0 Å². The summed E-state index contributed by atoms with van der Waals surface area (Å²) in [5.41, 5.74) is -0.0367. The highest BCUT2D eigenvalue weighted by molar-refractivity contribution is 8.44. The second-order valence-electron chi connectivity index (χ2n) is 28.3. The number of nitrogens with one attached hydrogen (secondary N) is 7. The molecule has 12 atom stereocenters. The molecule has 9 rings (SSSR count). The number of aliphatic hydroxyl groups excluding tert-OH is 1. The van der Waals surface area contributed by atoms with Gasteiger partial charge in [0, 0.05) is 81.7 Å². The van der Waals surface area contributed by atoms with Crippen molar-refractivity contribution in [2.75, 3.05) is 150 Å². The number of hydrogen-bond donors (Lipinski definition) is 10. The molecule has 1 unspecified atom stereocenters. The number of aromatic nitrogens is 6. The van der Waals surface area contributed by atoms with Crippen molar-refractivity contribution in [2.24, 2.45) is 11.8 Å².